The summed E-state index contributed by atoms with van der Waals surface area (Å²) in [5.41, 5.74) is 2.54. The normalized spacial score (nSPS) is 10.0. The van der Waals surface area contributed by atoms with Crippen LogP contribution in [-0.2, 0) is 6.54 Å². The first-order valence-corrected chi connectivity index (χ1v) is 3.75. The van der Waals surface area contributed by atoms with Crippen molar-refractivity contribution >= 4 is 22.9 Å². The van der Waals surface area contributed by atoms with E-state index < -0.39 is 0 Å². The molecule has 4 heteroatoms. The molecule has 0 aromatic carbocycles. The van der Waals surface area contributed by atoms with Crippen molar-refractivity contribution in [2.75, 3.05) is 0 Å². The van der Waals surface area contributed by atoms with E-state index in [2.05, 4.69) is 5.43 Å². The molecule has 50 valence electrons. The monoisotopic (exact) mass is 162 g/mol. The first-order chi connectivity index (χ1) is 4.34. The number of nitrogens with one attached hydrogen (secondary N) is 1. The first-order valence-electron chi connectivity index (χ1n) is 2.50. The molecule has 0 aliphatic heterocycles. The summed E-state index contributed by atoms with van der Waals surface area (Å²) in [6.07, 6.45) is 0. The molecule has 0 saturated heterocycles. The third kappa shape index (κ3) is 1.66. The maximum atomic E-state index is 5.73. The Morgan fingerprint density at radius 2 is 2.56 bits per heavy atom. The summed E-state index contributed by atoms with van der Waals surface area (Å²) in [5, 5.41) is 2.73. The summed E-state index contributed by atoms with van der Waals surface area (Å²) in [4.78, 5) is 1.08. The highest BCUT2D eigenvalue weighted by Crippen LogP contribution is 2.20. The molecule has 1 aromatic heterocycles. The average Bonchev–Trinajstić information content (AvgIpc) is 2.18. The second-order valence-electron chi connectivity index (χ2n) is 1.57. The largest absolute Gasteiger partial charge is 0.271 e. The van der Waals surface area contributed by atoms with Crippen LogP contribution >= 0.6 is 22.9 Å². The van der Waals surface area contributed by atoms with Crippen molar-refractivity contribution in [2.24, 2.45) is 5.84 Å². The van der Waals surface area contributed by atoms with Gasteiger partial charge < -0.3 is 0 Å². The summed E-state index contributed by atoms with van der Waals surface area (Å²) in [5.74, 6) is 5.09. The molecule has 0 saturated carbocycles. The Bertz CT molecular complexity index is 187. The average molecular weight is 163 g/mol. The second-order valence-corrected chi connectivity index (χ2v) is 2.98. The van der Waals surface area contributed by atoms with Crippen LogP contribution in [0.1, 0.15) is 4.88 Å². The molecule has 0 spiro atoms. The third-order valence-corrected chi connectivity index (χ3v) is 2.34. The summed E-state index contributed by atoms with van der Waals surface area (Å²) in [6.45, 7) is 0.649. The lowest BCUT2D eigenvalue weighted by Crippen LogP contribution is -2.20. The lowest BCUT2D eigenvalue weighted by atomic mass is 10.5. The zero-order chi connectivity index (χ0) is 6.69. The number of nitrogens with two attached hydrogens (primary N) is 1. The van der Waals surface area contributed by atoms with Crippen molar-refractivity contribution in [3.05, 3.63) is 21.3 Å². The highest BCUT2D eigenvalue weighted by atomic mass is 35.5. The lowest BCUT2D eigenvalue weighted by molar-refractivity contribution is 0.751. The van der Waals surface area contributed by atoms with Crippen LogP contribution in [0.3, 0.4) is 0 Å². The van der Waals surface area contributed by atoms with E-state index in [1.54, 1.807) is 11.3 Å². The minimum atomic E-state index is 0.649. The summed E-state index contributed by atoms with van der Waals surface area (Å²) in [7, 11) is 0. The summed E-state index contributed by atoms with van der Waals surface area (Å²) in [6, 6.07) is 1.86. The van der Waals surface area contributed by atoms with Crippen LogP contribution in [-0.4, -0.2) is 0 Å². The molecule has 0 fully saturated rings. The highest BCUT2D eigenvalue weighted by Gasteiger charge is 1.97. The van der Waals surface area contributed by atoms with Crippen LogP contribution in [0, 0.1) is 0 Å². The van der Waals surface area contributed by atoms with Crippen LogP contribution in [0.5, 0.6) is 0 Å². The van der Waals surface area contributed by atoms with E-state index in [9.17, 15) is 0 Å². The minimum absolute atomic E-state index is 0.649. The lowest BCUT2D eigenvalue weighted by Gasteiger charge is -1.93. The van der Waals surface area contributed by atoms with Gasteiger partial charge in [-0.05, 0) is 11.4 Å². The SMILES string of the molecule is NNCc1sccc1Cl. The van der Waals surface area contributed by atoms with Gasteiger partial charge in [-0.1, -0.05) is 11.6 Å². The number of rotatable bonds is 2. The molecule has 0 unspecified atom stereocenters. The molecular formula is C5H7ClN2S. The predicted octanol–water partition coefficient (Wildman–Crippen LogP) is 1.36. The van der Waals surface area contributed by atoms with Crippen LogP contribution < -0.4 is 11.3 Å². The van der Waals surface area contributed by atoms with E-state index in [-0.39, 0.29) is 0 Å². The van der Waals surface area contributed by atoms with Crippen LogP contribution in [0.4, 0.5) is 0 Å². The Hall–Kier alpha value is -0.0900. The molecule has 2 nitrogen and oxygen atoms in total. The molecule has 0 aliphatic rings. The van der Waals surface area contributed by atoms with Crippen LogP contribution in [0.2, 0.25) is 5.02 Å². The molecule has 0 atom stereocenters. The number of hydrogen-bond acceptors (Lipinski definition) is 3. The van der Waals surface area contributed by atoms with Gasteiger partial charge in [0.25, 0.3) is 0 Å². The Kier molecular flexibility index (Phi) is 2.48. The fourth-order valence-corrected chi connectivity index (χ4v) is 1.60. The van der Waals surface area contributed by atoms with Gasteiger partial charge in [-0.15, -0.1) is 11.3 Å². The number of hydrazine groups is 1. The molecule has 1 aromatic rings. The third-order valence-electron chi connectivity index (χ3n) is 0.954. The van der Waals surface area contributed by atoms with Crippen molar-refractivity contribution in [3.63, 3.8) is 0 Å². The fraction of sp³-hybridized carbons (Fsp3) is 0.200. The molecule has 0 radical (unpaired) electrons. The standard InChI is InChI=1S/C5H7ClN2S/c6-4-1-2-9-5(4)3-8-7/h1-2,8H,3,7H2. The molecular weight excluding hydrogens is 156 g/mol. The fourth-order valence-electron chi connectivity index (χ4n) is 0.544. The maximum absolute atomic E-state index is 5.73. The van der Waals surface area contributed by atoms with Crippen molar-refractivity contribution in [1.29, 1.82) is 0 Å². The number of halogens is 1. The van der Waals surface area contributed by atoms with Crippen molar-refractivity contribution < 1.29 is 0 Å². The molecule has 0 bridgehead atoms. The maximum Gasteiger partial charge on any atom is 0.0558 e. The summed E-state index contributed by atoms with van der Waals surface area (Å²) < 4.78 is 0. The molecule has 0 amide bonds. The molecule has 9 heavy (non-hydrogen) atoms. The van der Waals surface area contributed by atoms with E-state index in [0.29, 0.717) is 6.54 Å². The van der Waals surface area contributed by atoms with Gasteiger partial charge in [0.2, 0.25) is 0 Å². The van der Waals surface area contributed by atoms with Gasteiger partial charge in [0, 0.05) is 11.4 Å². The Balaban J connectivity index is 2.69. The van der Waals surface area contributed by atoms with Crippen LogP contribution in [0.25, 0.3) is 0 Å². The highest BCUT2D eigenvalue weighted by molar-refractivity contribution is 7.10. The summed E-state index contributed by atoms with van der Waals surface area (Å²) >= 11 is 7.33. The zero-order valence-corrected chi connectivity index (χ0v) is 6.30. The predicted molar refractivity (Wildman–Crippen MR) is 40.4 cm³/mol. The number of hydrogen-bond donors (Lipinski definition) is 2. The first kappa shape index (κ1) is 7.02. The van der Waals surface area contributed by atoms with E-state index >= 15 is 0 Å². The Labute approximate surface area is 62.6 Å². The van der Waals surface area contributed by atoms with Gasteiger partial charge in [0.05, 0.1) is 5.02 Å². The van der Waals surface area contributed by atoms with Gasteiger partial charge in [-0.25, -0.2) is 0 Å². The van der Waals surface area contributed by atoms with E-state index in [4.69, 9.17) is 17.4 Å². The Morgan fingerprint density at radius 1 is 1.78 bits per heavy atom. The van der Waals surface area contributed by atoms with Gasteiger partial charge >= 0.3 is 0 Å². The molecule has 1 heterocycles. The Morgan fingerprint density at radius 3 is 3.00 bits per heavy atom. The second kappa shape index (κ2) is 3.17. The van der Waals surface area contributed by atoms with Gasteiger partial charge in [0.1, 0.15) is 0 Å². The van der Waals surface area contributed by atoms with Gasteiger partial charge in [-0.3, -0.25) is 11.3 Å². The topological polar surface area (TPSA) is 38.0 Å². The molecule has 1 rings (SSSR count). The molecule has 3 N–H and O–H groups in total. The smallest absolute Gasteiger partial charge is 0.0558 e. The van der Waals surface area contributed by atoms with E-state index in [1.807, 2.05) is 11.4 Å². The minimum Gasteiger partial charge on any atom is -0.271 e. The van der Waals surface area contributed by atoms with Crippen molar-refractivity contribution in [2.45, 2.75) is 6.54 Å². The number of thiophene rings is 1. The quantitative estimate of drug-likeness (QED) is 0.509. The molecule has 0 aliphatic carbocycles. The van der Waals surface area contributed by atoms with Crippen molar-refractivity contribution in [3.8, 4) is 0 Å². The van der Waals surface area contributed by atoms with Crippen LogP contribution in [0.15, 0.2) is 11.4 Å². The van der Waals surface area contributed by atoms with E-state index in [1.165, 1.54) is 0 Å². The van der Waals surface area contributed by atoms with Gasteiger partial charge in [0.15, 0.2) is 0 Å². The zero-order valence-electron chi connectivity index (χ0n) is 4.73. The van der Waals surface area contributed by atoms with Crippen molar-refractivity contribution in [1.82, 2.24) is 5.43 Å². The van der Waals surface area contributed by atoms with Gasteiger partial charge in [-0.2, -0.15) is 0 Å². The van der Waals surface area contributed by atoms with E-state index in [0.717, 1.165) is 9.90 Å².